The second-order valence-electron chi connectivity index (χ2n) is 20.3. The number of fused-ring (bicyclic) bond motifs is 16. The molecule has 0 saturated carbocycles. The maximum absolute atomic E-state index is 6.51. The monoisotopic (exact) mass is 917 g/mol. The summed E-state index contributed by atoms with van der Waals surface area (Å²) in [6.07, 6.45) is 0. The van der Waals surface area contributed by atoms with Gasteiger partial charge in [-0.1, -0.05) is 220 Å². The molecule has 0 radical (unpaired) electrons. The van der Waals surface area contributed by atoms with Crippen LogP contribution in [0.3, 0.4) is 0 Å². The molecule has 0 amide bonds. The molecule has 15 rings (SSSR count). The molecule has 72 heavy (non-hydrogen) atoms. The zero-order valence-electron chi connectivity index (χ0n) is 40.0. The number of para-hydroxylation sites is 2. The van der Waals surface area contributed by atoms with Crippen molar-refractivity contribution in [2.45, 2.75) is 24.7 Å². The lowest BCUT2D eigenvalue weighted by atomic mass is 9.70. The van der Waals surface area contributed by atoms with Gasteiger partial charge in [-0.2, -0.15) is 0 Å². The van der Waals surface area contributed by atoms with Crippen molar-refractivity contribution in [1.29, 1.82) is 0 Å². The molecule has 1 aromatic heterocycles. The molecule has 0 N–H and O–H groups in total. The molecular formula is C70H47NO. The second-order valence-corrected chi connectivity index (χ2v) is 20.3. The first-order valence-corrected chi connectivity index (χ1v) is 25.2. The normalized spacial score (nSPS) is 13.9. The third-order valence-electron chi connectivity index (χ3n) is 16.3. The van der Waals surface area contributed by atoms with Crippen molar-refractivity contribution in [3.8, 4) is 66.8 Å². The highest BCUT2D eigenvalue weighted by molar-refractivity contribution is 6.10. The van der Waals surface area contributed by atoms with Crippen LogP contribution in [0.1, 0.15) is 47.2 Å². The molecule has 11 aromatic carbocycles. The first kappa shape index (κ1) is 40.9. The molecule has 1 heterocycles. The average Bonchev–Trinajstić information content (AvgIpc) is 4.14. The quantitative estimate of drug-likeness (QED) is 0.165. The van der Waals surface area contributed by atoms with Gasteiger partial charge in [0.1, 0.15) is 11.2 Å². The van der Waals surface area contributed by atoms with Gasteiger partial charge >= 0.3 is 0 Å². The molecule has 0 unspecified atom stereocenters. The van der Waals surface area contributed by atoms with Crippen LogP contribution >= 0.6 is 0 Å². The Bertz CT molecular complexity index is 4150. The van der Waals surface area contributed by atoms with E-state index in [0.717, 1.165) is 50.1 Å². The molecule has 2 nitrogen and oxygen atoms in total. The molecule has 0 bridgehead atoms. The van der Waals surface area contributed by atoms with Crippen LogP contribution in [0, 0.1) is 0 Å². The van der Waals surface area contributed by atoms with Crippen molar-refractivity contribution in [2.24, 2.45) is 0 Å². The summed E-state index contributed by atoms with van der Waals surface area (Å²) in [7, 11) is 0. The van der Waals surface area contributed by atoms with Crippen LogP contribution in [-0.2, 0) is 10.8 Å². The Kier molecular flexibility index (Phi) is 8.66. The topological polar surface area (TPSA) is 16.4 Å². The largest absolute Gasteiger partial charge is 0.455 e. The van der Waals surface area contributed by atoms with Gasteiger partial charge in [-0.05, 0) is 137 Å². The van der Waals surface area contributed by atoms with Gasteiger partial charge in [0.15, 0.2) is 0 Å². The van der Waals surface area contributed by atoms with Gasteiger partial charge in [-0.25, -0.2) is 0 Å². The molecule has 0 aliphatic heterocycles. The number of anilines is 3. The maximum Gasteiger partial charge on any atom is 0.143 e. The summed E-state index contributed by atoms with van der Waals surface area (Å²) in [6, 6.07) is 92.4. The Balaban J connectivity index is 0.948. The van der Waals surface area contributed by atoms with E-state index in [2.05, 4.69) is 261 Å². The highest BCUT2D eigenvalue weighted by Gasteiger charge is 2.52. The SMILES string of the molecule is CC1(C)c2ccccc2-c2ccc(N(c3cccc(-c4ccccc4)c3)c3ccc4c(c3)C3(c5ccccc5-c5ccccc53)c3cccc(-c5ccc(-c6cccc7c6oc6ccccc67)cc5)c3-4)cc21. The lowest BCUT2D eigenvalue weighted by molar-refractivity contribution is 0.660. The molecule has 3 aliphatic rings. The maximum atomic E-state index is 6.51. The van der Waals surface area contributed by atoms with Crippen molar-refractivity contribution in [2.75, 3.05) is 4.90 Å². The zero-order chi connectivity index (χ0) is 47.7. The van der Waals surface area contributed by atoms with E-state index in [1.807, 2.05) is 6.07 Å². The number of hydrogen-bond donors (Lipinski definition) is 0. The Morgan fingerprint density at radius 1 is 0.306 bits per heavy atom. The third kappa shape index (κ3) is 5.66. The molecular weight excluding hydrogens is 871 g/mol. The fourth-order valence-electron chi connectivity index (χ4n) is 13.1. The fourth-order valence-corrected chi connectivity index (χ4v) is 13.1. The first-order chi connectivity index (χ1) is 35.5. The summed E-state index contributed by atoms with van der Waals surface area (Å²) >= 11 is 0. The van der Waals surface area contributed by atoms with Crippen LogP contribution < -0.4 is 4.90 Å². The number of hydrogen-bond acceptors (Lipinski definition) is 2. The lowest BCUT2D eigenvalue weighted by Crippen LogP contribution is -2.26. The van der Waals surface area contributed by atoms with Crippen LogP contribution in [-0.4, -0.2) is 0 Å². The third-order valence-corrected chi connectivity index (χ3v) is 16.3. The number of nitrogens with zero attached hydrogens (tertiary/aromatic N) is 1. The number of rotatable bonds is 6. The van der Waals surface area contributed by atoms with E-state index >= 15 is 0 Å². The highest BCUT2D eigenvalue weighted by atomic mass is 16.3. The predicted molar refractivity (Wildman–Crippen MR) is 299 cm³/mol. The minimum absolute atomic E-state index is 0.157. The van der Waals surface area contributed by atoms with Gasteiger partial charge in [-0.3, -0.25) is 0 Å². The fraction of sp³-hybridized carbons (Fsp3) is 0.0571. The Hall–Kier alpha value is -8.98. The molecule has 1 spiro atoms. The van der Waals surface area contributed by atoms with Crippen LogP contribution in [0.4, 0.5) is 17.1 Å². The first-order valence-electron chi connectivity index (χ1n) is 25.2. The minimum Gasteiger partial charge on any atom is -0.455 e. The van der Waals surface area contributed by atoms with Crippen molar-refractivity contribution >= 4 is 39.0 Å². The molecule has 2 heteroatoms. The van der Waals surface area contributed by atoms with Crippen molar-refractivity contribution in [3.05, 3.63) is 282 Å². The Morgan fingerprint density at radius 2 is 0.806 bits per heavy atom. The summed E-state index contributed by atoms with van der Waals surface area (Å²) in [6.45, 7) is 4.75. The van der Waals surface area contributed by atoms with E-state index in [9.17, 15) is 0 Å². The van der Waals surface area contributed by atoms with Crippen LogP contribution in [0.25, 0.3) is 88.7 Å². The van der Waals surface area contributed by atoms with Crippen LogP contribution in [0.15, 0.2) is 253 Å². The summed E-state index contributed by atoms with van der Waals surface area (Å²) in [5, 5.41) is 2.28. The van der Waals surface area contributed by atoms with E-state index in [1.165, 1.54) is 89.0 Å². The molecule has 0 fully saturated rings. The van der Waals surface area contributed by atoms with Gasteiger partial charge in [0.25, 0.3) is 0 Å². The molecule has 338 valence electrons. The van der Waals surface area contributed by atoms with Crippen LogP contribution in [0.2, 0.25) is 0 Å². The van der Waals surface area contributed by atoms with Gasteiger partial charge in [0.05, 0.1) is 5.41 Å². The van der Waals surface area contributed by atoms with Crippen molar-refractivity contribution in [1.82, 2.24) is 0 Å². The summed E-state index contributed by atoms with van der Waals surface area (Å²) in [4.78, 5) is 2.50. The Labute approximate surface area is 419 Å². The van der Waals surface area contributed by atoms with Crippen LogP contribution in [0.5, 0.6) is 0 Å². The van der Waals surface area contributed by atoms with Crippen molar-refractivity contribution < 1.29 is 4.42 Å². The number of furan rings is 1. The van der Waals surface area contributed by atoms with Gasteiger partial charge in [0, 0.05) is 38.8 Å². The average molecular weight is 918 g/mol. The molecule has 0 saturated heterocycles. The second kappa shape index (κ2) is 15.3. The van der Waals surface area contributed by atoms with E-state index in [1.54, 1.807) is 0 Å². The summed E-state index contributed by atoms with van der Waals surface area (Å²) < 4.78 is 6.51. The number of benzene rings is 11. The standard InChI is InChI=1S/C70H47NO/c1-69(2)60-28-10-6-21-53(60)56-39-37-49(42-64(56)69)71(48-20-14-19-47(41-48)44-17-4-3-5-18-44)50-38-40-59-65(43-50)70(61-29-11-7-22-54(61)55-23-8-12-30-62(55)70)63-31-16-25-51(67(59)63)45-33-35-46(36-34-45)52-26-15-27-58-57-24-9-13-32-66(57)72-68(52)58/h3-43H,1-2H3. The summed E-state index contributed by atoms with van der Waals surface area (Å²) in [5.74, 6) is 0. The molecule has 12 aromatic rings. The minimum atomic E-state index is -0.556. The smallest absolute Gasteiger partial charge is 0.143 e. The highest BCUT2D eigenvalue weighted by Crippen LogP contribution is 2.65. The lowest BCUT2D eigenvalue weighted by Gasteiger charge is -2.32. The van der Waals surface area contributed by atoms with Gasteiger partial charge < -0.3 is 9.32 Å². The molecule has 3 aliphatic carbocycles. The predicted octanol–water partition coefficient (Wildman–Crippen LogP) is 18.7. The van der Waals surface area contributed by atoms with Crippen molar-refractivity contribution in [3.63, 3.8) is 0 Å². The zero-order valence-corrected chi connectivity index (χ0v) is 40.0. The van der Waals surface area contributed by atoms with E-state index < -0.39 is 5.41 Å². The van der Waals surface area contributed by atoms with Gasteiger partial charge in [0.2, 0.25) is 0 Å². The summed E-state index contributed by atoms with van der Waals surface area (Å²) in [5.41, 5.74) is 27.2. The molecule has 0 atom stereocenters. The van der Waals surface area contributed by atoms with Gasteiger partial charge in [-0.15, -0.1) is 0 Å². The van der Waals surface area contributed by atoms with E-state index in [0.29, 0.717) is 0 Å². The van der Waals surface area contributed by atoms with E-state index in [4.69, 9.17) is 4.42 Å². The van der Waals surface area contributed by atoms with E-state index in [-0.39, 0.29) is 5.41 Å². The Morgan fingerprint density at radius 3 is 1.56 bits per heavy atom.